The van der Waals surface area contributed by atoms with Crippen molar-refractivity contribution in [2.75, 3.05) is 0 Å². The zero-order chi connectivity index (χ0) is 14.8. The molecule has 1 heterocycles. The number of ether oxygens (including phenoxy) is 1. The fourth-order valence-corrected chi connectivity index (χ4v) is 2.84. The van der Waals surface area contributed by atoms with Gasteiger partial charge < -0.3 is 9.84 Å². The minimum absolute atomic E-state index is 0.331. The quantitative estimate of drug-likeness (QED) is 0.819. The minimum Gasteiger partial charge on any atom is -0.442 e. The molecule has 0 aromatic carbocycles. The van der Waals surface area contributed by atoms with E-state index in [2.05, 4.69) is 9.35 Å². The van der Waals surface area contributed by atoms with E-state index in [-0.39, 0.29) is 0 Å². The zero-order valence-corrected chi connectivity index (χ0v) is 13.2. The SMILES string of the molecule is CC(C)(C)OC(=O)/N=[SH](=O)/c1cnc(C(C)(C)O)s1. The van der Waals surface area contributed by atoms with Crippen LogP contribution in [0.25, 0.3) is 0 Å². The first-order chi connectivity index (χ1) is 8.49. The van der Waals surface area contributed by atoms with Crippen molar-refractivity contribution in [3.63, 3.8) is 0 Å². The third kappa shape index (κ3) is 5.25. The Hall–Kier alpha value is -0.990. The van der Waals surface area contributed by atoms with E-state index in [0.29, 0.717) is 9.22 Å². The van der Waals surface area contributed by atoms with Gasteiger partial charge in [0.1, 0.15) is 20.4 Å². The van der Waals surface area contributed by atoms with Crippen LogP contribution < -0.4 is 0 Å². The summed E-state index contributed by atoms with van der Waals surface area (Å²) in [5, 5.41) is 10.2. The molecule has 19 heavy (non-hydrogen) atoms. The average molecular weight is 306 g/mol. The summed E-state index contributed by atoms with van der Waals surface area (Å²) in [5.74, 6) is 0. The van der Waals surface area contributed by atoms with Gasteiger partial charge in [0.25, 0.3) is 0 Å². The summed E-state index contributed by atoms with van der Waals surface area (Å²) in [6, 6.07) is 0. The van der Waals surface area contributed by atoms with Crippen LogP contribution in [0.15, 0.2) is 14.8 Å². The van der Waals surface area contributed by atoms with Crippen LogP contribution in [-0.4, -0.2) is 26.0 Å². The van der Waals surface area contributed by atoms with Crippen LogP contribution in [0.4, 0.5) is 4.79 Å². The standard InChI is InChI=1S/C11H18N2O4S2/c1-10(2,3)17-9(14)13-19(16)7-6-12-8(18-7)11(4,5)15/h6,15,19H,1-5H3. The average Bonchev–Trinajstić information content (AvgIpc) is 2.61. The molecule has 0 bridgehead atoms. The molecule has 0 saturated heterocycles. The van der Waals surface area contributed by atoms with Gasteiger partial charge in [-0.3, -0.25) is 0 Å². The molecule has 0 radical (unpaired) electrons. The van der Waals surface area contributed by atoms with Gasteiger partial charge in [-0.1, -0.05) is 0 Å². The van der Waals surface area contributed by atoms with Crippen LogP contribution in [0.5, 0.6) is 0 Å². The third-order valence-corrected chi connectivity index (χ3v) is 4.46. The summed E-state index contributed by atoms with van der Waals surface area (Å²) >= 11 is 1.06. The highest BCUT2D eigenvalue weighted by Crippen LogP contribution is 2.25. The summed E-state index contributed by atoms with van der Waals surface area (Å²) in [6.45, 7) is 8.26. The molecule has 0 aliphatic rings. The van der Waals surface area contributed by atoms with Crippen LogP contribution in [0.1, 0.15) is 39.6 Å². The van der Waals surface area contributed by atoms with Gasteiger partial charge in [0.2, 0.25) is 0 Å². The molecule has 8 heteroatoms. The molecule has 0 aliphatic carbocycles. The van der Waals surface area contributed by atoms with Gasteiger partial charge in [-0.05, 0) is 34.6 Å². The number of hydrogen-bond donors (Lipinski definition) is 2. The van der Waals surface area contributed by atoms with Crippen LogP contribution in [-0.2, 0) is 20.9 Å². The first-order valence-corrected chi connectivity index (χ1v) is 7.62. The molecule has 1 N–H and O–H groups in total. The highest BCUT2D eigenvalue weighted by molar-refractivity contribution is 7.78. The van der Waals surface area contributed by atoms with E-state index in [9.17, 15) is 14.1 Å². The number of thiol groups is 1. The lowest BCUT2D eigenvalue weighted by molar-refractivity contribution is 0.0607. The number of carbonyl (C=O) groups excluding carboxylic acids is 1. The van der Waals surface area contributed by atoms with Crippen molar-refractivity contribution in [1.82, 2.24) is 4.98 Å². The maximum Gasteiger partial charge on any atom is 0.442 e. The molecule has 1 aromatic heterocycles. The van der Waals surface area contributed by atoms with Crippen molar-refractivity contribution in [2.24, 2.45) is 4.36 Å². The van der Waals surface area contributed by atoms with Gasteiger partial charge in [0, 0.05) is 0 Å². The number of amides is 1. The monoisotopic (exact) mass is 306 g/mol. The van der Waals surface area contributed by atoms with Crippen molar-refractivity contribution in [2.45, 2.75) is 50.0 Å². The Morgan fingerprint density at radius 3 is 2.42 bits per heavy atom. The second kappa shape index (κ2) is 5.56. The lowest BCUT2D eigenvalue weighted by Crippen LogP contribution is -2.21. The molecule has 1 rings (SSSR count). The van der Waals surface area contributed by atoms with Crippen LogP contribution in [0.3, 0.4) is 0 Å². The van der Waals surface area contributed by atoms with Crippen molar-refractivity contribution in [3.8, 4) is 0 Å². The highest BCUT2D eigenvalue weighted by Gasteiger charge is 2.21. The number of thiazole rings is 1. The molecule has 0 fully saturated rings. The summed E-state index contributed by atoms with van der Waals surface area (Å²) < 4.78 is 20.6. The maximum absolute atomic E-state index is 11.9. The topological polar surface area (TPSA) is 88.9 Å². The fourth-order valence-electron chi connectivity index (χ4n) is 1.04. The van der Waals surface area contributed by atoms with E-state index in [4.69, 9.17) is 4.74 Å². The number of nitrogens with zero attached hydrogens (tertiary/aromatic N) is 2. The van der Waals surface area contributed by atoms with E-state index in [0.717, 1.165) is 11.3 Å². The predicted molar refractivity (Wildman–Crippen MR) is 73.8 cm³/mol. The molecule has 0 spiro atoms. The number of rotatable bonds is 2. The smallest absolute Gasteiger partial charge is 0.442 e. The Kier molecular flexibility index (Phi) is 4.70. The number of carbonyl (C=O) groups is 1. The van der Waals surface area contributed by atoms with Crippen LogP contribution in [0, 0.1) is 0 Å². The molecular formula is C11H18N2O4S2. The van der Waals surface area contributed by atoms with Gasteiger partial charge >= 0.3 is 6.09 Å². The normalized spacial score (nSPS) is 14.4. The summed E-state index contributed by atoms with van der Waals surface area (Å²) in [6.07, 6.45) is 0.483. The molecule has 1 amide bonds. The Bertz CT molecular complexity index is 546. The molecule has 0 saturated carbocycles. The van der Waals surface area contributed by atoms with Gasteiger partial charge in [-0.25, -0.2) is 14.0 Å². The third-order valence-electron chi connectivity index (χ3n) is 1.77. The Morgan fingerprint density at radius 2 is 2.00 bits per heavy atom. The first-order valence-electron chi connectivity index (χ1n) is 5.59. The molecule has 108 valence electrons. The Balaban J connectivity index is 2.89. The van der Waals surface area contributed by atoms with Crippen molar-refractivity contribution in [3.05, 3.63) is 11.2 Å². The molecule has 1 aromatic rings. The van der Waals surface area contributed by atoms with E-state index in [1.165, 1.54) is 6.20 Å². The highest BCUT2D eigenvalue weighted by atomic mass is 32.2. The Labute approximate surface area is 118 Å². The largest absolute Gasteiger partial charge is 0.442 e. The van der Waals surface area contributed by atoms with Crippen molar-refractivity contribution >= 4 is 28.0 Å². The second-order valence-corrected chi connectivity index (χ2v) is 7.98. The molecular weight excluding hydrogens is 288 g/mol. The lowest BCUT2D eigenvalue weighted by atomic mass is 10.2. The van der Waals surface area contributed by atoms with Crippen molar-refractivity contribution in [1.29, 1.82) is 0 Å². The molecule has 1 atom stereocenters. The van der Waals surface area contributed by atoms with Crippen molar-refractivity contribution < 1.29 is 18.8 Å². The zero-order valence-electron chi connectivity index (χ0n) is 11.5. The van der Waals surface area contributed by atoms with Crippen LogP contribution in [0.2, 0.25) is 0 Å². The van der Waals surface area contributed by atoms with E-state index < -0.39 is 27.9 Å². The molecule has 6 nitrogen and oxygen atoms in total. The number of aromatic nitrogens is 1. The molecule has 1 unspecified atom stereocenters. The number of aliphatic hydroxyl groups is 1. The van der Waals surface area contributed by atoms with E-state index in [1.54, 1.807) is 34.6 Å². The molecule has 0 aliphatic heterocycles. The van der Waals surface area contributed by atoms with Gasteiger partial charge in [-0.15, -0.1) is 15.7 Å². The van der Waals surface area contributed by atoms with E-state index >= 15 is 0 Å². The van der Waals surface area contributed by atoms with Gasteiger partial charge in [-0.2, -0.15) is 0 Å². The summed E-state index contributed by atoms with van der Waals surface area (Å²) in [5.41, 5.74) is -1.78. The Morgan fingerprint density at radius 1 is 1.42 bits per heavy atom. The lowest BCUT2D eigenvalue weighted by Gasteiger charge is -2.16. The maximum atomic E-state index is 11.9. The second-order valence-electron chi connectivity index (χ2n) is 5.42. The summed E-state index contributed by atoms with van der Waals surface area (Å²) in [7, 11) is -2.25. The minimum atomic E-state index is -2.25. The summed E-state index contributed by atoms with van der Waals surface area (Å²) in [4.78, 5) is 15.4. The number of hydrogen-bond acceptors (Lipinski definition) is 6. The van der Waals surface area contributed by atoms with E-state index in [1.807, 2.05) is 0 Å². The fraction of sp³-hybridized carbons (Fsp3) is 0.636. The van der Waals surface area contributed by atoms with Crippen LogP contribution >= 0.6 is 11.3 Å². The predicted octanol–water partition coefficient (Wildman–Crippen LogP) is 2.33. The van der Waals surface area contributed by atoms with Gasteiger partial charge in [0.15, 0.2) is 0 Å². The van der Waals surface area contributed by atoms with Gasteiger partial charge in [0.05, 0.1) is 16.8 Å². The first kappa shape index (κ1) is 16.1.